The average Bonchev–Trinajstić information content (AvgIpc) is 3.17. The summed E-state index contributed by atoms with van der Waals surface area (Å²) in [6.07, 6.45) is 8.01. The summed E-state index contributed by atoms with van der Waals surface area (Å²) in [5, 5.41) is 25.6. The van der Waals surface area contributed by atoms with Crippen molar-refractivity contribution in [2.75, 3.05) is 39.6 Å². The highest BCUT2D eigenvalue weighted by Gasteiger charge is 2.64. The summed E-state index contributed by atoms with van der Waals surface area (Å²) >= 11 is 0. The van der Waals surface area contributed by atoms with Crippen LogP contribution in [0.2, 0.25) is 0 Å². The summed E-state index contributed by atoms with van der Waals surface area (Å²) in [5.74, 6) is -2.30. The van der Waals surface area contributed by atoms with E-state index in [2.05, 4.69) is 69.2 Å². The van der Waals surface area contributed by atoms with Crippen molar-refractivity contribution in [2.45, 2.75) is 194 Å². The van der Waals surface area contributed by atoms with Crippen molar-refractivity contribution in [3.05, 3.63) is 0 Å². The number of ether oxygens (including phenoxy) is 6. The lowest BCUT2D eigenvalue weighted by atomic mass is 9.57. The van der Waals surface area contributed by atoms with Crippen LogP contribution >= 0.6 is 0 Å². The zero-order chi connectivity index (χ0) is 40.4. The molecule has 54 heavy (non-hydrogen) atoms. The lowest BCUT2D eigenvalue weighted by Crippen LogP contribution is -2.73. The van der Waals surface area contributed by atoms with E-state index in [4.69, 9.17) is 28.4 Å². The maximum Gasteiger partial charge on any atom is 0.305 e. The van der Waals surface area contributed by atoms with Crippen LogP contribution in [0.4, 0.5) is 0 Å². The van der Waals surface area contributed by atoms with Crippen LogP contribution in [-0.4, -0.2) is 106 Å². The Hall–Kier alpha value is -1.38. The average molecular weight is 769 g/mol. The molecule has 0 bridgehead atoms. The molecule has 12 nitrogen and oxygen atoms in total. The smallest absolute Gasteiger partial charge is 0.305 e. The number of hydrogen-bond donors (Lipinski definition) is 2. The second-order valence-corrected chi connectivity index (χ2v) is 19.1. The Kier molecular flexibility index (Phi) is 14.1. The van der Waals surface area contributed by atoms with Gasteiger partial charge < -0.3 is 38.8 Å². The first-order valence-electron chi connectivity index (χ1n) is 21.0. The van der Waals surface area contributed by atoms with Gasteiger partial charge in [0.2, 0.25) is 0 Å². The molecule has 4 aliphatic rings. The molecule has 4 fully saturated rings. The van der Waals surface area contributed by atoms with E-state index in [1.165, 1.54) is 5.06 Å². The van der Waals surface area contributed by atoms with Crippen molar-refractivity contribution < 1.29 is 48.4 Å². The molecule has 6 atom stereocenters. The fourth-order valence-corrected chi connectivity index (χ4v) is 9.67. The molecule has 4 saturated heterocycles. The van der Waals surface area contributed by atoms with Gasteiger partial charge in [-0.3, -0.25) is 9.59 Å². The minimum atomic E-state index is -1.01. The minimum absolute atomic E-state index is 0.0247. The van der Waals surface area contributed by atoms with Crippen molar-refractivity contribution in [1.82, 2.24) is 10.1 Å². The van der Waals surface area contributed by atoms with Gasteiger partial charge in [0.05, 0.1) is 32.0 Å². The fourth-order valence-electron chi connectivity index (χ4n) is 9.67. The van der Waals surface area contributed by atoms with Gasteiger partial charge in [0.15, 0.2) is 11.6 Å². The second-order valence-electron chi connectivity index (χ2n) is 19.1. The number of unbranched alkanes of at least 4 members (excludes halogenated alkanes) is 3. The molecule has 4 heterocycles. The largest absolute Gasteiger partial charge is 0.465 e. The maximum absolute atomic E-state index is 12.6. The molecule has 4 aliphatic heterocycles. The van der Waals surface area contributed by atoms with Crippen molar-refractivity contribution >= 4 is 11.9 Å². The van der Waals surface area contributed by atoms with Crippen LogP contribution in [0.3, 0.4) is 0 Å². The Morgan fingerprint density at radius 2 is 1.06 bits per heavy atom. The summed E-state index contributed by atoms with van der Waals surface area (Å²) in [6, 6.07) is 0. The first-order valence-corrected chi connectivity index (χ1v) is 21.0. The second kappa shape index (κ2) is 16.8. The molecule has 0 saturated carbocycles. The monoisotopic (exact) mass is 769 g/mol. The van der Waals surface area contributed by atoms with Crippen molar-refractivity contribution in [2.24, 2.45) is 22.7 Å². The van der Waals surface area contributed by atoms with Gasteiger partial charge in [-0.2, -0.15) is 10.1 Å². The topological polar surface area (TPSA) is 136 Å². The van der Waals surface area contributed by atoms with E-state index >= 15 is 0 Å². The Balaban J connectivity index is 1.12. The highest BCUT2D eigenvalue weighted by atomic mass is 16.7. The van der Waals surface area contributed by atoms with Gasteiger partial charge in [-0.15, -0.1) is 0 Å². The van der Waals surface area contributed by atoms with Crippen molar-refractivity contribution in [3.63, 3.8) is 0 Å². The van der Waals surface area contributed by atoms with Gasteiger partial charge in [-0.25, -0.2) is 0 Å². The van der Waals surface area contributed by atoms with E-state index < -0.39 is 33.6 Å². The predicted octanol–water partition coefficient (Wildman–Crippen LogP) is 8.05. The van der Waals surface area contributed by atoms with Crippen LogP contribution in [0, 0.1) is 22.7 Å². The maximum atomic E-state index is 12.6. The molecule has 2 spiro atoms. The Morgan fingerprint density at radius 3 is 1.52 bits per heavy atom. The first-order chi connectivity index (χ1) is 25.1. The lowest BCUT2D eigenvalue weighted by molar-refractivity contribution is -0.401. The molecular formula is C42H76N2O10. The molecular weight excluding hydrogens is 692 g/mol. The molecule has 6 unspecified atom stereocenters. The van der Waals surface area contributed by atoms with Crippen LogP contribution < -0.4 is 0 Å². The summed E-state index contributed by atoms with van der Waals surface area (Å²) in [4.78, 5) is 25.3. The Morgan fingerprint density at radius 1 is 0.611 bits per heavy atom. The van der Waals surface area contributed by atoms with E-state index in [0.29, 0.717) is 58.5 Å². The van der Waals surface area contributed by atoms with Gasteiger partial charge in [0.1, 0.15) is 13.2 Å². The van der Waals surface area contributed by atoms with E-state index in [1.54, 1.807) is 5.06 Å². The Bertz CT molecular complexity index is 1190. The summed E-state index contributed by atoms with van der Waals surface area (Å²) in [7, 11) is 0. The van der Waals surface area contributed by atoms with E-state index in [9.17, 15) is 20.0 Å². The summed E-state index contributed by atoms with van der Waals surface area (Å²) in [5.41, 5.74) is -2.49. The molecule has 0 aromatic rings. The minimum Gasteiger partial charge on any atom is -0.465 e. The third kappa shape index (κ3) is 8.71. The number of piperidine rings is 2. The molecule has 4 rings (SSSR count). The van der Waals surface area contributed by atoms with Gasteiger partial charge in [-0.05, 0) is 85.5 Å². The van der Waals surface area contributed by atoms with Gasteiger partial charge in [0.25, 0.3) is 0 Å². The molecule has 0 radical (unpaired) electrons. The predicted molar refractivity (Wildman–Crippen MR) is 205 cm³/mol. The molecule has 0 amide bonds. The number of esters is 2. The van der Waals surface area contributed by atoms with Gasteiger partial charge >= 0.3 is 11.9 Å². The zero-order valence-corrected chi connectivity index (χ0v) is 35.9. The molecule has 12 heteroatoms. The van der Waals surface area contributed by atoms with Crippen LogP contribution in [0.25, 0.3) is 0 Å². The van der Waals surface area contributed by atoms with Crippen LogP contribution in [0.1, 0.15) is 160 Å². The number of nitrogens with zero attached hydrogens (tertiary/aromatic N) is 2. The normalized spacial score (nSPS) is 43.4. The number of carbonyl (C=O) groups excluding carboxylic acids is 2. The molecule has 0 aromatic heterocycles. The standard InChI is InChI=1S/C42H76N2O10/c1-13-36(8)23-41(31(5)38(10,15-3)43(36)47)29-51-40(12,52-30-41)28-50-34(46)22-20-18-17-19-21-33(45)49-25-35(7)26-53-42(54-27-35)24-37(9,14-2)44(48)39(11,16-4)32(42)6/h31-32,47-48H,13-30H2,1-12H3. The van der Waals surface area contributed by atoms with Crippen molar-refractivity contribution in [1.29, 1.82) is 0 Å². The first kappa shape index (κ1) is 45.3. The van der Waals surface area contributed by atoms with Crippen molar-refractivity contribution in [3.8, 4) is 0 Å². The highest BCUT2D eigenvalue weighted by Crippen LogP contribution is 2.56. The number of hydroxylamine groups is 4. The summed E-state index contributed by atoms with van der Waals surface area (Å²) < 4.78 is 37.1. The highest BCUT2D eigenvalue weighted by molar-refractivity contribution is 5.69. The van der Waals surface area contributed by atoms with Gasteiger partial charge in [0, 0.05) is 52.6 Å². The Labute approximate surface area is 326 Å². The SMILES string of the molecule is CCC1(C)CC2(COC(C)(COC(=O)CCCCCCC(=O)OCC3(C)COC4(CC(C)(CC)N(O)C(C)(CC)C4C)OC3)OC2)C(C)C(C)(CC)N1O. The molecule has 314 valence electrons. The van der Waals surface area contributed by atoms with E-state index in [0.717, 1.165) is 44.9 Å². The summed E-state index contributed by atoms with van der Waals surface area (Å²) in [6.45, 7) is 26.9. The molecule has 0 aliphatic carbocycles. The number of carbonyl (C=O) groups is 2. The van der Waals surface area contributed by atoms with E-state index in [1.807, 2.05) is 13.8 Å². The third-order valence-electron chi connectivity index (χ3n) is 15.0. The van der Waals surface area contributed by atoms with Crippen LogP contribution in [0.5, 0.6) is 0 Å². The number of hydrogen-bond acceptors (Lipinski definition) is 12. The lowest BCUT2D eigenvalue weighted by Gasteiger charge is -2.63. The fraction of sp³-hybridized carbons (Fsp3) is 0.952. The quantitative estimate of drug-likeness (QED) is 0.123. The zero-order valence-electron chi connectivity index (χ0n) is 35.9. The van der Waals surface area contributed by atoms with Gasteiger partial charge in [-0.1, -0.05) is 61.3 Å². The van der Waals surface area contributed by atoms with Crippen LogP contribution in [-0.2, 0) is 38.0 Å². The molecule has 0 aromatic carbocycles. The van der Waals surface area contributed by atoms with E-state index in [-0.39, 0.29) is 47.9 Å². The molecule has 2 N–H and O–H groups in total. The van der Waals surface area contributed by atoms with Crippen LogP contribution in [0.15, 0.2) is 0 Å². The third-order valence-corrected chi connectivity index (χ3v) is 15.0. The number of rotatable bonds is 15.